The van der Waals surface area contributed by atoms with Gasteiger partial charge in [-0.2, -0.15) is 0 Å². The summed E-state index contributed by atoms with van der Waals surface area (Å²) in [6.07, 6.45) is 2.37. The number of pyridine rings is 1. The summed E-state index contributed by atoms with van der Waals surface area (Å²) in [5.41, 5.74) is 5.08. The zero-order valence-electron chi connectivity index (χ0n) is 20.8. The summed E-state index contributed by atoms with van der Waals surface area (Å²) >= 11 is 6.15. The SMILES string of the molecule is CCc1nc2ccc(Cl)cn2c1C(=O)NCc1ccc(N(C)CCN(CC)c2ccc(F)cc2)cc1. The summed E-state index contributed by atoms with van der Waals surface area (Å²) in [4.78, 5) is 22.0. The smallest absolute Gasteiger partial charge is 0.270 e. The fraction of sp³-hybridized carbons (Fsp3) is 0.286. The molecule has 4 aromatic rings. The number of hydrogen-bond donors (Lipinski definition) is 1. The maximum absolute atomic E-state index is 13.2. The van der Waals surface area contributed by atoms with Gasteiger partial charge in [-0.05, 0) is 67.4 Å². The normalized spacial score (nSPS) is 11.0. The lowest BCUT2D eigenvalue weighted by Crippen LogP contribution is -2.33. The van der Waals surface area contributed by atoms with Crippen LogP contribution in [-0.4, -0.2) is 42.0 Å². The molecule has 0 bridgehead atoms. The number of benzene rings is 2. The molecule has 0 aliphatic heterocycles. The van der Waals surface area contributed by atoms with Gasteiger partial charge in [-0.15, -0.1) is 0 Å². The Morgan fingerprint density at radius 2 is 1.69 bits per heavy atom. The average molecular weight is 508 g/mol. The second kappa shape index (κ2) is 11.4. The molecular weight excluding hydrogens is 477 g/mol. The van der Waals surface area contributed by atoms with Crippen LogP contribution in [0.4, 0.5) is 15.8 Å². The highest BCUT2D eigenvalue weighted by Crippen LogP contribution is 2.19. The van der Waals surface area contributed by atoms with E-state index in [1.165, 1.54) is 12.1 Å². The third kappa shape index (κ3) is 5.79. The van der Waals surface area contributed by atoms with Crippen LogP contribution in [0, 0.1) is 5.82 Å². The molecule has 0 atom stereocenters. The van der Waals surface area contributed by atoms with E-state index in [1.54, 1.807) is 16.7 Å². The van der Waals surface area contributed by atoms with Crippen molar-refractivity contribution < 1.29 is 9.18 Å². The van der Waals surface area contributed by atoms with Crippen LogP contribution in [0.25, 0.3) is 5.65 Å². The Morgan fingerprint density at radius 3 is 2.36 bits per heavy atom. The molecule has 2 heterocycles. The van der Waals surface area contributed by atoms with Gasteiger partial charge in [0.05, 0.1) is 10.7 Å². The first-order valence-corrected chi connectivity index (χ1v) is 12.5. The second-order valence-corrected chi connectivity index (χ2v) is 9.10. The quantitative estimate of drug-likeness (QED) is 0.304. The molecule has 0 spiro atoms. The van der Waals surface area contributed by atoms with E-state index in [4.69, 9.17) is 11.6 Å². The van der Waals surface area contributed by atoms with Gasteiger partial charge in [-0.3, -0.25) is 9.20 Å². The van der Waals surface area contributed by atoms with Crippen LogP contribution in [-0.2, 0) is 13.0 Å². The molecule has 1 N–H and O–H groups in total. The topological polar surface area (TPSA) is 52.9 Å². The van der Waals surface area contributed by atoms with Crippen LogP contribution >= 0.6 is 11.6 Å². The van der Waals surface area contributed by atoms with Crippen LogP contribution in [0.1, 0.15) is 35.6 Å². The molecule has 0 unspecified atom stereocenters. The molecular formula is C28H31ClFN5O. The first-order chi connectivity index (χ1) is 17.4. The maximum Gasteiger partial charge on any atom is 0.270 e. The van der Waals surface area contributed by atoms with Crippen molar-refractivity contribution in [3.8, 4) is 0 Å². The second-order valence-electron chi connectivity index (χ2n) is 8.66. The minimum atomic E-state index is -0.225. The monoisotopic (exact) mass is 507 g/mol. The Morgan fingerprint density at radius 1 is 1.00 bits per heavy atom. The van der Waals surface area contributed by atoms with Crippen molar-refractivity contribution in [1.82, 2.24) is 14.7 Å². The third-order valence-corrected chi connectivity index (χ3v) is 6.54. The van der Waals surface area contributed by atoms with Gasteiger partial charge in [0, 0.05) is 50.8 Å². The lowest BCUT2D eigenvalue weighted by molar-refractivity contribution is 0.0944. The molecule has 0 saturated carbocycles. The standard InChI is InChI=1S/C28H31ClFN5O/c1-4-25-27(35-19-21(29)8-15-26(35)32-25)28(36)31-18-20-6-11-23(12-7-20)33(3)16-17-34(5-2)24-13-9-22(30)10-14-24/h6-15,19H,4-5,16-18H2,1-3H3,(H,31,36). The summed E-state index contributed by atoms with van der Waals surface area (Å²) in [5, 5.41) is 3.57. The number of fused-ring (bicyclic) bond motifs is 1. The molecule has 1 amide bonds. The largest absolute Gasteiger partial charge is 0.373 e. The number of nitrogens with one attached hydrogen (secondary N) is 1. The summed E-state index contributed by atoms with van der Waals surface area (Å²) in [7, 11) is 2.05. The van der Waals surface area contributed by atoms with Gasteiger partial charge < -0.3 is 15.1 Å². The van der Waals surface area contributed by atoms with Crippen LogP contribution in [0.5, 0.6) is 0 Å². The number of carbonyl (C=O) groups excluding carboxylic acids is 1. The number of hydrogen-bond acceptors (Lipinski definition) is 4. The highest BCUT2D eigenvalue weighted by molar-refractivity contribution is 6.30. The summed E-state index contributed by atoms with van der Waals surface area (Å²) < 4.78 is 15.0. The molecule has 0 aliphatic rings. The molecule has 36 heavy (non-hydrogen) atoms. The van der Waals surface area contributed by atoms with Crippen molar-refractivity contribution >= 4 is 34.5 Å². The maximum atomic E-state index is 13.2. The van der Waals surface area contributed by atoms with Gasteiger partial charge in [0.2, 0.25) is 0 Å². The predicted octanol–water partition coefficient (Wildman–Crippen LogP) is 5.58. The number of rotatable bonds is 10. The van der Waals surface area contributed by atoms with Crippen LogP contribution < -0.4 is 15.1 Å². The number of halogens is 2. The Bertz CT molecular complexity index is 1320. The zero-order valence-corrected chi connectivity index (χ0v) is 21.6. The van der Waals surface area contributed by atoms with Crippen molar-refractivity contribution in [3.63, 3.8) is 0 Å². The summed E-state index contributed by atoms with van der Waals surface area (Å²) in [6, 6.07) is 18.4. The minimum absolute atomic E-state index is 0.178. The molecule has 4 rings (SSSR count). The van der Waals surface area contributed by atoms with Crippen molar-refractivity contribution in [3.05, 3.63) is 94.7 Å². The molecule has 0 radical (unpaired) electrons. The first kappa shape index (κ1) is 25.5. The highest BCUT2D eigenvalue weighted by atomic mass is 35.5. The van der Waals surface area contributed by atoms with Gasteiger partial charge in [-0.1, -0.05) is 30.7 Å². The molecule has 188 valence electrons. The first-order valence-electron chi connectivity index (χ1n) is 12.1. The zero-order chi connectivity index (χ0) is 25.7. The number of imidazole rings is 1. The van der Waals surface area contributed by atoms with Gasteiger partial charge in [0.15, 0.2) is 0 Å². The van der Waals surface area contributed by atoms with Crippen molar-refractivity contribution in [2.24, 2.45) is 0 Å². The highest BCUT2D eigenvalue weighted by Gasteiger charge is 2.18. The Balaban J connectivity index is 1.35. The lowest BCUT2D eigenvalue weighted by atomic mass is 10.2. The lowest BCUT2D eigenvalue weighted by Gasteiger charge is -2.27. The minimum Gasteiger partial charge on any atom is -0.373 e. The molecule has 8 heteroatoms. The molecule has 6 nitrogen and oxygen atoms in total. The van der Waals surface area contributed by atoms with E-state index >= 15 is 0 Å². The van der Waals surface area contributed by atoms with Gasteiger partial charge in [0.25, 0.3) is 5.91 Å². The third-order valence-electron chi connectivity index (χ3n) is 6.31. The van der Waals surface area contributed by atoms with E-state index in [-0.39, 0.29) is 11.7 Å². The molecule has 0 saturated heterocycles. The molecule has 0 aliphatic carbocycles. The van der Waals surface area contributed by atoms with E-state index in [0.717, 1.165) is 42.3 Å². The Labute approximate surface area is 216 Å². The molecule has 0 fully saturated rings. The fourth-order valence-electron chi connectivity index (χ4n) is 4.21. The summed E-state index contributed by atoms with van der Waals surface area (Å²) in [5.74, 6) is -0.403. The molecule has 2 aromatic carbocycles. The summed E-state index contributed by atoms with van der Waals surface area (Å²) in [6.45, 7) is 6.97. The van der Waals surface area contributed by atoms with E-state index in [0.29, 0.717) is 29.3 Å². The average Bonchev–Trinajstić information content (AvgIpc) is 3.26. The Hall–Kier alpha value is -3.58. The molecule has 2 aromatic heterocycles. The van der Waals surface area contributed by atoms with Gasteiger partial charge >= 0.3 is 0 Å². The van der Waals surface area contributed by atoms with Gasteiger partial charge in [0.1, 0.15) is 17.2 Å². The number of amides is 1. The van der Waals surface area contributed by atoms with E-state index < -0.39 is 0 Å². The van der Waals surface area contributed by atoms with Crippen LogP contribution in [0.3, 0.4) is 0 Å². The number of aryl methyl sites for hydroxylation is 1. The number of nitrogens with zero attached hydrogens (tertiary/aromatic N) is 4. The predicted molar refractivity (Wildman–Crippen MR) is 145 cm³/mol. The van der Waals surface area contributed by atoms with Crippen molar-refractivity contribution in [2.75, 3.05) is 36.5 Å². The van der Waals surface area contributed by atoms with Gasteiger partial charge in [-0.25, -0.2) is 9.37 Å². The fourth-order valence-corrected chi connectivity index (χ4v) is 4.37. The number of aromatic nitrogens is 2. The van der Waals surface area contributed by atoms with E-state index in [1.807, 2.05) is 37.3 Å². The number of likely N-dealkylation sites (N-methyl/N-ethyl adjacent to an activating group) is 2. The number of carbonyl (C=O) groups is 1. The van der Waals surface area contributed by atoms with Crippen LogP contribution in [0.2, 0.25) is 5.02 Å². The Kier molecular flexibility index (Phi) is 8.10. The van der Waals surface area contributed by atoms with Crippen LogP contribution in [0.15, 0.2) is 66.9 Å². The van der Waals surface area contributed by atoms with Crippen molar-refractivity contribution in [2.45, 2.75) is 26.8 Å². The van der Waals surface area contributed by atoms with E-state index in [9.17, 15) is 9.18 Å². The number of anilines is 2. The van der Waals surface area contributed by atoms with Crippen molar-refractivity contribution in [1.29, 1.82) is 0 Å². The van der Waals surface area contributed by atoms with E-state index in [2.05, 4.69) is 46.2 Å².